The zero-order valence-corrected chi connectivity index (χ0v) is 9.01. The Labute approximate surface area is 88.9 Å². The van der Waals surface area contributed by atoms with Gasteiger partial charge in [-0.3, -0.25) is 0 Å². The molecule has 0 aliphatic rings. The van der Waals surface area contributed by atoms with Gasteiger partial charge in [-0.05, 0) is 28.1 Å². The first-order chi connectivity index (χ1) is 6.65. The number of carbonyl (C=O) groups is 1. The summed E-state index contributed by atoms with van der Waals surface area (Å²) < 4.78 is 22.8. The number of ether oxygens (including phenoxy) is 2. The molecule has 76 valence electrons. The van der Waals surface area contributed by atoms with Crippen molar-refractivity contribution in [1.82, 2.24) is 0 Å². The quantitative estimate of drug-likeness (QED) is 0.784. The van der Waals surface area contributed by atoms with Gasteiger partial charge in [-0.2, -0.15) is 0 Å². The van der Waals surface area contributed by atoms with Gasteiger partial charge in [0, 0.05) is 0 Å². The average Bonchev–Trinajstić information content (AvgIpc) is 2.20. The lowest BCUT2D eigenvalue weighted by molar-refractivity contribution is -0.142. The molecule has 0 aliphatic heterocycles. The van der Waals surface area contributed by atoms with Crippen LogP contribution in [0.25, 0.3) is 0 Å². The standard InChI is InChI=1S/C9H8BrFO3/c1-13-8(12)5-14-7-4-2-3-6(10)9(7)11/h2-4H,5H2,1H3. The van der Waals surface area contributed by atoms with Gasteiger partial charge in [0.25, 0.3) is 0 Å². The predicted molar refractivity (Wildman–Crippen MR) is 51.6 cm³/mol. The molecule has 0 atom stereocenters. The van der Waals surface area contributed by atoms with E-state index in [2.05, 4.69) is 20.7 Å². The molecule has 5 heteroatoms. The molecule has 0 bridgehead atoms. The minimum Gasteiger partial charge on any atom is -0.479 e. The van der Waals surface area contributed by atoms with Crippen LogP contribution in [-0.4, -0.2) is 19.7 Å². The van der Waals surface area contributed by atoms with E-state index in [4.69, 9.17) is 4.74 Å². The SMILES string of the molecule is COC(=O)COc1cccc(Br)c1F. The Bertz CT molecular complexity index is 341. The third-order valence-electron chi connectivity index (χ3n) is 1.49. The third-order valence-corrected chi connectivity index (χ3v) is 2.10. The van der Waals surface area contributed by atoms with Gasteiger partial charge in [-0.15, -0.1) is 0 Å². The van der Waals surface area contributed by atoms with Gasteiger partial charge in [-0.25, -0.2) is 9.18 Å². The van der Waals surface area contributed by atoms with Gasteiger partial charge in [0.15, 0.2) is 18.2 Å². The van der Waals surface area contributed by atoms with E-state index in [1.165, 1.54) is 13.2 Å². The number of methoxy groups -OCH3 is 1. The van der Waals surface area contributed by atoms with Gasteiger partial charge < -0.3 is 9.47 Å². The van der Waals surface area contributed by atoms with Gasteiger partial charge in [0.05, 0.1) is 11.6 Å². The van der Waals surface area contributed by atoms with Crippen LogP contribution < -0.4 is 4.74 Å². The number of hydrogen-bond acceptors (Lipinski definition) is 3. The molecule has 0 unspecified atom stereocenters. The van der Waals surface area contributed by atoms with E-state index in [1.807, 2.05) is 0 Å². The van der Waals surface area contributed by atoms with Crippen LogP contribution in [0.2, 0.25) is 0 Å². The van der Waals surface area contributed by atoms with E-state index in [0.29, 0.717) is 4.47 Å². The van der Waals surface area contributed by atoms with E-state index >= 15 is 0 Å². The van der Waals surface area contributed by atoms with Crippen LogP contribution in [0.15, 0.2) is 22.7 Å². The number of hydrogen-bond donors (Lipinski definition) is 0. The maximum atomic E-state index is 13.2. The van der Waals surface area contributed by atoms with Gasteiger partial charge in [-0.1, -0.05) is 6.07 Å². The Kier molecular flexibility index (Phi) is 3.88. The van der Waals surface area contributed by atoms with Crippen molar-refractivity contribution in [2.45, 2.75) is 0 Å². The minimum atomic E-state index is -0.552. The van der Waals surface area contributed by atoms with Gasteiger partial charge >= 0.3 is 5.97 Å². The number of benzene rings is 1. The molecule has 1 rings (SSSR count). The van der Waals surface area contributed by atoms with E-state index in [9.17, 15) is 9.18 Å². The number of esters is 1. The van der Waals surface area contributed by atoms with Crippen LogP contribution in [0, 0.1) is 5.82 Å². The zero-order valence-electron chi connectivity index (χ0n) is 7.42. The van der Waals surface area contributed by atoms with Crippen molar-refractivity contribution < 1.29 is 18.7 Å². The summed E-state index contributed by atoms with van der Waals surface area (Å²) in [5.74, 6) is -1.06. The molecule has 0 radical (unpaired) electrons. The summed E-state index contributed by atoms with van der Waals surface area (Å²) in [4.78, 5) is 10.7. The van der Waals surface area contributed by atoms with E-state index in [0.717, 1.165) is 0 Å². The summed E-state index contributed by atoms with van der Waals surface area (Å²) in [6.07, 6.45) is 0. The maximum Gasteiger partial charge on any atom is 0.343 e. The van der Waals surface area contributed by atoms with Crippen LogP contribution in [0.3, 0.4) is 0 Å². The van der Waals surface area contributed by atoms with Crippen LogP contribution in [0.4, 0.5) is 4.39 Å². The highest BCUT2D eigenvalue weighted by Gasteiger charge is 2.08. The lowest BCUT2D eigenvalue weighted by Gasteiger charge is -2.06. The van der Waals surface area contributed by atoms with E-state index in [-0.39, 0.29) is 12.4 Å². The molecule has 1 aromatic rings. The molecule has 0 saturated carbocycles. The third kappa shape index (κ3) is 2.70. The Morgan fingerprint density at radius 3 is 2.93 bits per heavy atom. The summed E-state index contributed by atoms with van der Waals surface area (Å²) in [7, 11) is 1.24. The monoisotopic (exact) mass is 262 g/mol. The maximum absolute atomic E-state index is 13.2. The fourth-order valence-corrected chi connectivity index (χ4v) is 1.14. The van der Waals surface area contributed by atoms with Crippen molar-refractivity contribution in [1.29, 1.82) is 0 Å². The highest BCUT2D eigenvalue weighted by molar-refractivity contribution is 9.10. The van der Waals surface area contributed by atoms with Gasteiger partial charge in [0.1, 0.15) is 0 Å². The largest absolute Gasteiger partial charge is 0.479 e. The normalized spacial score (nSPS) is 9.64. The second-order valence-corrected chi connectivity index (χ2v) is 3.27. The molecule has 0 aromatic heterocycles. The highest BCUT2D eigenvalue weighted by atomic mass is 79.9. The molecule has 0 spiro atoms. The molecule has 0 amide bonds. The predicted octanol–water partition coefficient (Wildman–Crippen LogP) is 2.14. The molecule has 0 fully saturated rings. The minimum absolute atomic E-state index is 0.0183. The number of carbonyl (C=O) groups excluding carboxylic acids is 1. The average molecular weight is 263 g/mol. The molecule has 1 aromatic carbocycles. The number of halogens is 2. The second kappa shape index (κ2) is 4.95. The van der Waals surface area contributed by atoms with Crippen LogP contribution >= 0.6 is 15.9 Å². The first-order valence-electron chi connectivity index (χ1n) is 3.78. The summed E-state index contributed by atoms with van der Waals surface area (Å²) in [6, 6.07) is 4.59. The van der Waals surface area contributed by atoms with Crippen LogP contribution in [-0.2, 0) is 9.53 Å². The Morgan fingerprint density at radius 1 is 1.57 bits per heavy atom. The number of rotatable bonds is 3. The lowest BCUT2D eigenvalue weighted by Crippen LogP contribution is -2.13. The molecular weight excluding hydrogens is 255 g/mol. The van der Waals surface area contributed by atoms with Crippen molar-refractivity contribution in [2.75, 3.05) is 13.7 Å². The summed E-state index contributed by atoms with van der Waals surface area (Å²) in [5, 5.41) is 0. The topological polar surface area (TPSA) is 35.5 Å². The van der Waals surface area contributed by atoms with Crippen molar-refractivity contribution in [3.63, 3.8) is 0 Å². The molecule has 0 saturated heterocycles. The molecule has 14 heavy (non-hydrogen) atoms. The zero-order chi connectivity index (χ0) is 10.6. The van der Waals surface area contributed by atoms with Gasteiger partial charge in [0.2, 0.25) is 0 Å². The van der Waals surface area contributed by atoms with Crippen molar-refractivity contribution in [3.05, 3.63) is 28.5 Å². The van der Waals surface area contributed by atoms with E-state index < -0.39 is 11.8 Å². The molecular formula is C9H8BrFO3. The smallest absolute Gasteiger partial charge is 0.343 e. The fourth-order valence-electron chi connectivity index (χ4n) is 0.791. The van der Waals surface area contributed by atoms with Crippen LogP contribution in [0.5, 0.6) is 5.75 Å². The molecule has 0 heterocycles. The van der Waals surface area contributed by atoms with Crippen molar-refractivity contribution in [2.24, 2.45) is 0 Å². The summed E-state index contributed by atoms with van der Waals surface area (Å²) >= 11 is 3.00. The Balaban J connectivity index is 2.68. The Hall–Kier alpha value is -1.10. The second-order valence-electron chi connectivity index (χ2n) is 2.42. The van der Waals surface area contributed by atoms with Crippen molar-refractivity contribution in [3.8, 4) is 5.75 Å². The first kappa shape index (κ1) is 11.0. The summed E-state index contributed by atoms with van der Waals surface area (Å²) in [5.41, 5.74) is 0. The lowest BCUT2D eigenvalue weighted by atomic mass is 10.3. The van der Waals surface area contributed by atoms with E-state index in [1.54, 1.807) is 12.1 Å². The Morgan fingerprint density at radius 2 is 2.29 bits per heavy atom. The fraction of sp³-hybridized carbons (Fsp3) is 0.222. The first-order valence-corrected chi connectivity index (χ1v) is 4.58. The highest BCUT2D eigenvalue weighted by Crippen LogP contribution is 2.24. The molecule has 0 N–H and O–H groups in total. The summed E-state index contributed by atoms with van der Waals surface area (Å²) in [6.45, 7) is -0.302. The van der Waals surface area contributed by atoms with Crippen LogP contribution in [0.1, 0.15) is 0 Å². The van der Waals surface area contributed by atoms with Crippen molar-refractivity contribution >= 4 is 21.9 Å². The molecule has 3 nitrogen and oxygen atoms in total. The molecule has 0 aliphatic carbocycles.